The molecule has 0 aliphatic heterocycles. The molecule has 0 saturated carbocycles. The van der Waals surface area contributed by atoms with Crippen LogP contribution in [-0.4, -0.2) is 40.4 Å². The van der Waals surface area contributed by atoms with Gasteiger partial charge in [0.25, 0.3) is 5.91 Å². The number of phenolic OH excluding ortho intramolecular Hbond substituents is 1. The molecule has 180 valence electrons. The maximum atomic E-state index is 13.4. The number of carbonyl (C=O) groups is 2. The van der Waals surface area contributed by atoms with Crippen molar-refractivity contribution in [1.82, 2.24) is 10.5 Å². The van der Waals surface area contributed by atoms with E-state index >= 15 is 0 Å². The fourth-order valence-electron chi connectivity index (χ4n) is 3.88. The number of hydrogen-bond acceptors (Lipinski definition) is 6. The Morgan fingerprint density at radius 2 is 1.83 bits per heavy atom. The number of ether oxygens (including phenoxy) is 1. The van der Waals surface area contributed by atoms with Gasteiger partial charge in [-0.3, -0.25) is 4.79 Å². The highest BCUT2D eigenvalue weighted by molar-refractivity contribution is 9.11. The van der Waals surface area contributed by atoms with Crippen molar-refractivity contribution in [3.63, 3.8) is 0 Å². The van der Waals surface area contributed by atoms with Gasteiger partial charge in [-0.2, -0.15) is 0 Å². The van der Waals surface area contributed by atoms with Crippen LogP contribution in [0.1, 0.15) is 21.7 Å². The van der Waals surface area contributed by atoms with Crippen LogP contribution in [0.25, 0.3) is 22.0 Å². The third-order valence-corrected chi connectivity index (χ3v) is 6.77. The molecular weight excluding hydrogens is 584 g/mol. The Balaban J connectivity index is 1.72. The van der Waals surface area contributed by atoms with Crippen molar-refractivity contribution in [2.75, 3.05) is 7.11 Å². The van der Waals surface area contributed by atoms with Crippen LogP contribution in [-0.2, 0) is 11.2 Å². The molecule has 4 aromatic rings. The first-order valence-corrected chi connectivity index (χ1v) is 12.0. The molecule has 1 atom stereocenters. The molecule has 0 fully saturated rings. The number of rotatable bonds is 7. The number of carboxylic acids is 1. The Kier molecular flexibility index (Phi) is 7.13. The molecule has 0 spiro atoms. The van der Waals surface area contributed by atoms with Crippen molar-refractivity contribution in [3.05, 3.63) is 74.4 Å². The molecule has 0 aliphatic carbocycles. The second kappa shape index (κ2) is 10.1. The number of aromatic hydroxyl groups is 1. The summed E-state index contributed by atoms with van der Waals surface area (Å²) in [5.74, 6) is -1.11. The van der Waals surface area contributed by atoms with E-state index in [1.807, 2.05) is 30.3 Å². The zero-order valence-electron chi connectivity index (χ0n) is 18.6. The fraction of sp³-hybridized carbons (Fsp3) is 0.160. The summed E-state index contributed by atoms with van der Waals surface area (Å²) >= 11 is 6.47. The number of halogens is 2. The lowest BCUT2D eigenvalue weighted by Crippen LogP contribution is -2.42. The predicted octanol–water partition coefficient (Wildman–Crippen LogP) is 5.47. The standard InChI is InChI=1S/C25H20Br2N2O6/c1-12-20(22(29-35-12)21-15-6-4-3-5-14(15)7-8-19(21)34-2)24(31)28-18(25(32)33)11-13-9-16(26)23(30)17(27)10-13/h3-10,18,30H,11H2,1-2H3,(H,28,31)(H,32,33)/t18-/m0/s1. The second-order valence-corrected chi connectivity index (χ2v) is 9.51. The van der Waals surface area contributed by atoms with E-state index in [1.54, 1.807) is 25.1 Å². The molecule has 1 heterocycles. The number of nitrogens with zero attached hydrogens (tertiary/aromatic N) is 1. The number of aromatic nitrogens is 1. The quantitative estimate of drug-likeness (QED) is 0.256. The lowest BCUT2D eigenvalue weighted by atomic mass is 9.97. The molecule has 0 aliphatic rings. The molecular formula is C25H20Br2N2O6. The minimum atomic E-state index is -1.25. The van der Waals surface area contributed by atoms with Crippen molar-refractivity contribution in [2.24, 2.45) is 0 Å². The third-order valence-electron chi connectivity index (χ3n) is 5.56. The van der Waals surface area contributed by atoms with Crippen molar-refractivity contribution in [2.45, 2.75) is 19.4 Å². The van der Waals surface area contributed by atoms with Gasteiger partial charge in [0.1, 0.15) is 34.6 Å². The van der Waals surface area contributed by atoms with E-state index in [0.29, 0.717) is 25.8 Å². The summed E-state index contributed by atoms with van der Waals surface area (Å²) in [7, 11) is 1.52. The number of carbonyl (C=O) groups excluding carboxylic acids is 1. The average molecular weight is 604 g/mol. The van der Waals surface area contributed by atoms with Crippen LogP contribution in [0.3, 0.4) is 0 Å². The Morgan fingerprint density at radius 3 is 2.49 bits per heavy atom. The summed E-state index contributed by atoms with van der Waals surface area (Å²) < 4.78 is 11.7. The normalized spacial score (nSPS) is 11.9. The lowest BCUT2D eigenvalue weighted by molar-refractivity contribution is -0.139. The van der Waals surface area contributed by atoms with Gasteiger partial charge in [0.15, 0.2) is 0 Å². The van der Waals surface area contributed by atoms with Crippen molar-refractivity contribution in [3.8, 4) is 22.8 Å². The van der Waals surface area contributed by atoms with Crippen molar-refractivity contribution in [1.29, 1.82) is 0 Å². The van der Waals surface area contributed by atoms with Crippen LogP contribution in [0.15, 0.2) is 62.0 Å². The number of amides is 1. The Hall–Kier alpha value is -3.37. The fourth-order valence-corrected chi connectivity index (χ4v) is 5.16. The van der Waals surface area contributed by atoms with Gasteiger partial charge in [0.05, 0.1) is 21.6 Å². The molecule has 4 rings (SSSR count). The molecule has 0 unspecified atom stereocenters. The first kappa shape index (κ1) is 24.7. The number of aliphatic carboxylic acids is 1. The van der Waals surface area contributed by atoms with Crippen molar-refractivity contribution >= 4 is 54.5 Å². The summed E-state index contributed by atoms with van der Waals surface area (Å²) in [6, 6.07) is 13.2. The molecule has 1 amide bonds. The van der Waals surface area contributed by atoms with Crippen LogP contribution in [0, 0.1) is 6.92 Å². The number of aryl methyl sites for hydroxylation is 1. The molecule has 0 radical (unpaired) electrons. The molecule has 8 nitrogen and oxygen atoms in total. The maximum Gasteiger partial charge on any atom is 0.326 e. The van der Waals surface area contributed by atoms with Crippen molar-refractivity contribution < 1.29 is 29.1 Å². The number of methoxy groups -OCH3 is 1. The van der Waals surface area contributed by atoms with Gasteiger partial charge >= 0.3 is 5.97 Å². The van der Waals surface area contributed by atoms with Crippen LogP contribution >= 0.6 is 31.9 Å². The maximum absolute atomic E-state index is 13.4. The first-order valence-electron chi connectivity index (χ1n) is 10.4. The lowest BCUT2D eigenvalue weighted by Gasteiger charge is -2.16. The zero-order chi connectivity index (χ0) is 25.3. The molecule has 3 N–H and O–H groups in total. The molecule has 0 bridgehead atoms. The molecule has 35 heavy (non-hydrogen) atoms. The van der Waals surface area contributed by atoms with Crippen LogP contribution in [0.4, 0.5) is 0 Å². The topological polar surface area (TPSA) is 122 Å². The van der Waals surface area contributed by atoms with Crippen LogP contribution in [0.5, 0.6) is 11.5 Å². The molecule has 3 aromatic carbocycles. The van der Waals surface area contributed by atoms with E-state index in [4.69, 9.17) is 9.26 Å². The van der Waals surface area contributed by atoms with E-state index in [0.717, 1.165) is 10.8 Å². The number of hydrogen-bond donors (Lipinski definition) is 3. The van der Waals surface area contributed by atoms with Crippen LogP contribution < -0.4 is 10.1 Å². The van der Waals surface area contributed by atoms with Gasteiger partial charge in [0.2, 0.25) is 0 Å². The highest BCUT2D eigenvalue weighted by Crippen LogP contribution is 2.39. The molecule has 1 aromatic heterocycles. The number of phenols is 1. The number of fused-ring (bicyclic) bond motifs is 1. The summed E-state index contributed by atoms with van der Waals surface area (Å²) in [5, 5.41) is 28.2. The third kappa shape index (κ3) is 4.89. The van der Waals surface area contributed by atoms with E-state index in [1.165, 1.54) is 7.11 Å². The van der Waals surface area contributed by atoms with E-state index < -0.39 is 17.9 Å². The van der Waals surface area contributed by atoms with Gasteiger partial charge < -0.3 is 24.8 Å². The minimum absolute atomic E-state index is 0.00145. The number of nitrogens with one attached hydrogen (secondary N) is 1. The summed E-state index contributed by atoms with van der Waals surface area (Å²) in [4.78, 5) is 25.4. The monoisotopic (exact) mass is 602 g/mol. The average Bonchev–Trinajstić information content (AvgIpc) is 3.22. The highest BCUT2D eigenvalue weighted by Gasteiger charge is 2.29. The van der Waals surface area contributed by atoms with Crippen LogP contribution in [0.2, 0.25) is 0 Å². The smallest absolute Gasteiger partial charge is 0.326 e. The van der Waals surface area contributed by atoms with E-state index in [-0.39, 0.29) is 29.2 Å². The Morgan fingerprint density at radius 1 is 1.14 bits per heavy atom. The number of carboxylic acid groups (broad SMARTS) is 1. The summed E-state index contributed by atoms with van der Waals surface area (Å²) in [6.07, 6.45) is -0.0181. The van der Waals surface area contributed by atoms with Gasteiger partial charge in [-0.15, -0.1) is 0 Å². The largest absolute Gasteiger partial charge is 0.506 e. The first-order chi connectivity index (χ1) is 16.7. The van der Waals surface area contributed by atoms with Gasteiger partial charge in [-0.05, 0) is 73.3 Å². The Labute approximate surface area is 217 Å². The second-order valence-electron chi connectivity index (χ2n) is 7.80. The van der Waals surface area contributed by atoms with Gasteiger partial charge in [-0.1, -0.05) is 35.5 Å². The molecule has 10 heteroatoms. The SMILES string of the molecule is COc1ccc2ccccc2c1-c1noc(C)c1C(=O)N[C@@H](Cc1cc(Br)c(O)c(Br)c1)C(=O)O. The minimum Gasteiger partial charge on any atom is -0.506 e. The van der Waals surface area contributed by atoms with Gasteiger partial charge in [0, 0.05) is 6.42 Å². The summed E-state index contributed by atoms with van der Waals surface area (Å²) in [6.45, 7) is 1.59. The van der Waals surface area contributed by atoms with E-state index in [2.05, 4.69) is 42.3 Å². The predicted molar refractivity (Wildman–Crippen MR) is 137 cm³/mol. The van der Waals surface area contributed by atoms with Gasteiger partial charge in [-0.25, -0.2) is 4.79 Å². The zero-order valence-corrected chi connectivity index (χ0v) is 21.8. The molecule has 0 saturated heterocycles. The summed E-state index contributed by atoms with van der Waals surface area (Å²) in [5.41, 5.74) is 1.55. The highest BCUT2D eigenvalue weighted by atomic mass is 79.9. The van der Waals surface area contributed by atoms with E-state index in [9.17, 15) is 19.8 Å². The number of benzene rings is 3. The Bertz CT molecular complexity index is 1430.